The fourth-order valence-corrected chi connectivity index (χ4v) is 4.25. The summed E-state index contributed by atoms with van der Waals surface area (Å²) in [6.07, 6.45) is 4.17. The first-order valence-corrected chi connectivity index (χ1v) is 10.4. The molecule has 0 radical (unpaired) electrons. The van der Waals surface area contributed by atoms with Crippen LogP contribution in [0.25, 0.3) is 33.1 Å². The number of ether oxygens (including phenoxy) is 1. The minimum atomic E-state index is 0.568. The predicted octanol–water partition coefficient (Wildman–Crippen LogP) is 7.20. The van der Waals surface area contributed by atoms with Gasteiger partial charge in [-0.1, -0.05) is 78.9 Å². The Morgan fingerprint density at radius 1 is 0.793 bits per heavy atom. The molecule has 0 unspecified atom stereocenters. The topological polar surface area (TPSA) is 22.1 Å². The smallest absolute Gasteiger partial charge is 0.120 e. The van der Waals surface area contributed by atoms with E-state index in [-0.39, 0.29) is 0 Å². The van der Waals surface area contributed by atoms with E-state index in [4.69, 9.17) is 9.72 Å². The second-order valence-electron chi connectivity index (χ2n) is 6.87. The summed E-state index contributed by atoms with van der Waals surface area (Å²) in [5.74, 6) is 0.867. The molecule has 0 N–H and O–H groups in total. The Morgan fingerprint density at radius 3 is 2.59 bits per heavy atom. The normalized spacial score (nSPS) is 11.4. The molecule has 5 rings (SSSR count). The summed E-state index contributed by atoms with van der Waals surface area (Å²) >= 11 is 1.71. The van der Waals surface area contributed by atoms with Gasteiger partial charge in [-0.15, -0.1) is 11.3 Å². The van der Waals surface area contributed by atoms with E-state index in [0.29, 0.717) is 6.61 Å². The van der Waals surface area contributed by atoms with Crippen LogP contribution >= 0.6 is 11.3 Å². The molecule has 0 amide bonds. The van der Waals surface area contributed by atoms with E-state index in [0.717, 1.165) is 27.4 Å². The molecule has 0 aliphatic carbocycles. The fraction of sp³-hybridized carbons (Fsp3) is 0.0385. The summed E-state index contributed by atoms with van der Waals surface area (Å²) < 4.78 is 7.15. The Labute approximate surface area is 173 Å². The molecule has 0 aliphatic rings. The molecule has 29 heavy (non-hydrogen) atoms. The third kappa shape index (κ3) is 3.91. The van der Waals surface area contributed by atoms with E-state index < -0.39 is 0 Å². The summed E-state index contributed by atoms with van der Waals surface area (Å²) in [6, 6.07) is 31.1. The molecule has 1 heterocycles. The lowest BCUT2D eigenvalue weighted by molar-refractivity contribution is 0.306. The van der Waals surface area contributed by atoms with Gasteiger partial charge in [0, 0.05) is 5.39 Å². The zero-order valence-electron chi connectivity index (χ0n) is 15.8. The molecule has 140 valence electrons. The van der Waals surface area contributed by atoms with Crippen molar-refractivity contribution in [2.75, 3.05) is 0 Å². The number of benzene rings is 4. The van der Waals surface area contributed by atoms with Crippen LogP contribution in [0.4, 0.5) is 0 Å². The Hall–Kier alpha value is -3.43. The molecule has 3 heteroatoms. The molecule has 0 atom stereocenters. The molecule has 0 aliphatic heterocycles. The van der Waals surface area contributed by atoms with E-state index in [9.17, 15) is 0 Å². The van der Waals surface area contributed by atoms with Crippen LogP contribution in [0.15, 0.2) is 91.0 Å². The molecule has 0 spiro atoms. The number of aromatic nitrogens is 1. The predicted molar refractivity (Wildman–Crippen MR) is 123 cm³/mol. The van der Waals surface area contributed by atoms with Crippen LogP contribution in [0.3, 0.4) is 0 Å². The summed E-state index contributed by atoms with van der Waals surface area (Å²) in [4.78, 5) is 4.85. The van der Waals surface area contributed by atoms with Crippen LogP contribution in [0.2, 0.25) is 0 Å². The van der Waals surface area contributed by atoms with Crippen molar-refractivity contribution in [3.63, 3.8) is 0 Å². The zero-order valence-corrected chi connectivity index (χ0v) is 16.6. The third-order valence-electron chi connectivity index (χ3n) is 4.82. The van der Waals surface area contributed by atoms with Crippen LogP contribution < -0.4 is 4.74 Å². The summed E-state index contributed by atoms with van der Waals surface area (Å²) in [5.41, 5.74) is 3.34. The molecular weight excluding hydrogens is 374 g/mol. The largest absolute Gasteiger partial charge is 0.489 e. The van der Waals surface area contributed by atoms with Gasteiger partial charge in [-0.25, -0.2) is 4.98 Å². The number of fused-ring (bicyclic) bond motifs is 3. The molecule has 1 aromatic heterocycles. The van der Waals surface area contributed by atoms with Gasteiger partial charge < -0.3 is 4.74 Å². The number of rotatable bonds is 5. The molecule has 2 nitrogen and oxygen atoms in total. The lowest BCUT2D eigenvalue weighted by Crippen LogP contribution is -1.94. The highest BCUT2D eigenvalue weighted by Gasteiger charge is 2.05. The van der Waals surface area contributed by atoms with E-state index in [1.807, 2.05) is 30.3 Å². The Morgan fingerprint density at radius 2 is 1.66 bits per heavy atom. The maximum atomic E-state index is 5.93. The van der Waals surface area contributed by atoms with Gasteiger partial charge in [-0.3, -0.25) is 0 Å². The van der Waals surface area contributed by atoms with Crippen molar-refractivity contribution >= 4 is 44.5 Å². The molecule has 0 saturated carbocycles. The van der Waals surface area contributed by atoms with Gasteiger partial charge in [0.1, 0.15) is 17.4 Å². The van der Waals surface area contributed by atoms with E-state index >= 15 is 0 Å². The Bertz CT molecular complexity index is 1300. The molecule has 5 aromatic rings. The quantitative estimate of drug-likeness (QED) is 0.315. The minimum Gasteiger partial charge on any atom is -0.489 e. The van der Waals surface area contributed by atoms with Crippen LogP contribution in [0.1, 0.15) is 16.1 Å². The number of thiazole rings is 1. The van der Waals surface area contributed by atoms with E-state index in [1.54, 1.807) is 11.3 Å². The first kappa shape index (κ1) is 17.7. The van der Waals surface area contributed by atoms with Crippen LogP contribution in [-0.4, -0.2) is 4.98 Å². The molecule has 0 bridgehead atoms. The monoisotopic (exact) mass is 393 g/mol. The van der Waals surface area contributed by atoms with Gasteiger partial charge in [-0.05, 0) is 40.8 Å². The number of hydrogen-bond acceptors (Lipinski definition) is 3. The van der Waals surface area contributed by atoms with Crippen LogP contribution in [0.5, 0.6) is 5.75 Å². The van der Waals surface area contributed by atoms with Crippen LogP contribution in [0, 0.1) is 0 Å². The first-order valence-electron chi connectivity index (χ1n) is 9.58. The fourth-order valence-electron chi connectivity index (χ4n) is 3.37. The second-order valence-corrected chi connectivity index (χ2v) is 7.93. The third-order valence-corrected chi connectivity index (χ3v) is 5.81. The summed E-state index contributed by atoms with van der Waals surface area (Å²) in [7, 11) is 0. The Balaban J connectivity index is 1.36. The van der Waals surface area contributed by atoms with Crippen molar-refractivity contribution in [2.24, 2.45) is 0 Å². The van der Waals surface area contributed by atoms with Crippen molar-refractivity contribution in [1.82, 2.24) is 4.98 Å². The maximum Gasteiger partial charge on any atom is 0.120 e. The van der Waals surface area contributed by atoms with Gasteiger partial charge in [0.2, 0.25) is 0 Å². The summed E-state index contributed by atoms with van der Waals surface area (Å²) in [6.45, 7) is 0.568. The number of hydrogen-bond donors (Lipinski definition) is 0. The van der Waals surface area contributed by atoms with Gasteiger partial charge in [0.15, 0.2) is 0 Å². The summed E-state index contributed by atoms with van der Waals surface area (Å²) in [5, 5.41) is 3.44. The minimum absolute atomic E-state index is 0.568. The first-order chi connectivity index (χ1) is 14.3. The van der Waals surface area contributed by atoms with Gasteiger partial charge >= 0.3 is 0 Å². The average Bonchev–Trinajstić information content (AvgIpc) is 3.21. The van der Waals surface area contributed by atoms with Crippen molar-refractivity contribution in [3.05, 3.63) is 107 Å². The lowest BCUT2D eigenvalue weighted by atomic mass is 10.1. The van der Waals surface area contributed by atoms with Crippen molar-refractivity contribution < 1.29 is 4.74 Å². The van der Waals surface area contributed by atoms with Crippen molar-refractivity contribution in [1.29, 1.82) is 0 Å². The highest BCUT2D eigenvalue weighted by Crippen LogP contribution is 2.30. The SMILES string of the molecule is C(=C\c1nc2c(ccc3ccccc32)s1)/c1cccc(OCc2ccccc2)c1. The molecule has 4 aromatic carbocycles. The van der Waals surface area contributed by atoms with Gasteiger partial charge in [0.05, 0.1) is 10.2 Å². The average molecular weight is 394 g/mol. The van der Waals surface area contributed by atoms with Gasteiger partial charge in [0.25, 0.3) is 0 Å². The standard InChI is InChI=1S/C26H19NOS/c1-2-7-20(8-3-1)18-28-22-11-6-9-19(17-22)13-16-25-27-26-23-12-5-4-10-21(23)14-15-24(26)29-25/h1-17H,18H2/b16-13+. The highest BCUT2D eigenvalue weighted by atomic mass is 32.1. The maximum absolute atomic E-state index is 5.93. The second kappa shape index (κ2) is 7.90. The molecule has 0 fully saturated rings. The highest BCUT2D eigenvalue weighted by molar-refractivity contribution is 7.19. The van der Waals surface area contributed by atoms with Crippen molar-refractivity contribution in [2.45, 2.75) is 6.61 Å². The van der Waals surface area contributed by atoms with Gasteiger partial charge in [-0.2, -0.15) is 0 Å². The lowest BCUT2D eigenvalue weighted by Gasteiger charge is -2.06. The van der Waals surface area contributed by atoms with E-state index in [1.165, 1.54) is 15.5 Å². The van der Waals surface area contributed by atoms with Crippen molar-refractivity contribution in [3.8, 4) is 5.75 Å². The molecular formula is C26H19NOS. The van der Waals surface area contributed by atoms with Crippen LogP contribution in [-0.2, 0) is 6.61 Å². The molecule has 0 saturated heterocycles. The van der Waals surface area contributed by atoms with E-state index in [2.05, 4.69) is 72.8 Å². The zero-order chi connectivity index (χ0) is 19.5. The number of nitrogens with zero attached hydrogens (tertiary/aromatic N) is 1. The Kier molecular flexibility index (Phi) is 4.81.